The Bertz CT molecular complexity index is 692. The number of cyclic esters (lactones) is 2. The number of esters is 2. The van der Waals surface area contributed by atoms with Crippen molar-refractivity contribution in [1.29, 1.82) is 0 Å². The van der Waals surface area contributed by atoms with Gasteiger partial charge in [-0.15, -0.1) is 0 Å². The third-order valence-corrected chi connectivity index (χ3v) is 4.65. The summed E-state index contributed by atoms with van der Waals surface area (Å²) in [4.78, 5) is 23.4. The van der Waals surface area contributed by atoms with Crippen molar-refractivity contribution in [3.63, 3.8) is 0 Å². The van der Waals surface area contributed by atoms with Gasteiger partial charge in [0.25, 0.3) is 0 Å². The van der Waals surface area contributed by atoms with Crippen molar-refractivity contribution in [1.82, 2.24) is 0 Å². The number of halogens is 2. The summed E-state index contributed by atoms with van der Waals surface area (Å²) in [5.41, 5.74) is 0.815. The quantitative estimate of drug-likeness (QED) is 0.535. The smallest absolute Gasteiger partial charge is 0.347 e. The van der Waals surface area contributed by atoms with Gasteiger partial charge in [0.05, 0.1) is 11.1 Å². The molecular weight excluding hydrogens is 352 g/mol. The first-order valence-electron chi connectivity index (χ1n) is 4.77. The van der Waals surface area contributed by atoms with E-state index >= 15 is 0 Å². The van der Waals surface area contributed by atoms with E-state index < -0.39 is 11.9 Å². The molecule has 0 aromatic heterocycles. The summed E-state index contributed by atoms with van der Waals surface area (Å²) >= 11 is 6.69. The Balaban J connectivity index is 2.60. The van der Waals surface area contributed by atoms with Crippen LogP contribution in [-0.4, -0.2) is 11.9 Å². The fraction of sp³-hybridized carbons (Fsp3) is 0. The Morgan fingerprint density at radius 3 is 2.59 bits per heavy atom. The first-order valence-corrected chi connectivity index (χ1v) is 6.35. The minimum Gasteiger partial charge on any atom is -0.386 e. The molecule has 1 heterocycles. The fourth-order valence-corrected chi connectivity index (χ4v) is 2.87. The molecule has 2 aromatic carbocycles. The van der Waals surface area contributed by atoms with E-state index in [0.717, 1.165) is 9.86 Å². The monoisotopic (exact) mass is 354 g/mol. The molecule has 0 amide bonds. The number of ether oxygens (including phenoxy) is 1. The summed E-state index contributed by atoms with van der Waals surface area (Å²) in [6.45, 7) is 0. The van der Waals surface area contributed by atoms with Gasteiger partial charge in [-0.3, -0.25) is 0 Å². The number of hydrogen-bond acceptors (Lipinski definition) is 3. The largest absolute Gasteiger partial charge is 0.386 e. The van der Waals surface area contributed by atoms with Crippen LogP contribution >= 0.6 is 31.9 Å². The van der Waals surface area contributed by atoms with Gasteiger partial charge in [-0.25, -0.2) is 9.59 Å². The molecule has 0 bridgehead atoms. The van der Waals surface area contributed by atoms with Gasteiger partial charge in [-0.1, -0.05) is 12.1 Å². The molecule has 0 radical (unpaired) electrons. The van der Waals surface area contributed by atoms with Crippen LogP contribution in [0.1, 0.15) is 20.7 Å². The predicted octanol–water partition coefficient (Wildman–Crippen LogP) is 3.68. The van der Waals surface area contributed by atoms with Crippen molar-refractivity contribution in [3.05, 3.63) is 44.3 Å². The highest BCUT2D eigenvalue weighted by Gasteiger charge is 2.29. The lowest BCUT2D eigenvalue weighted by Crippen LogP contribution is -2.20. The zero-order chi connectivity index (χ0) is 12.2. The third kappa shape index (κ3) is 1.46. The topological polar surface area (TPSA) is 43.4 Å². The van der Waals surface area contributed by atoms with Crippen LogP contribution < -0.4 is 0 Å². The lowest BCUT2D eigenvalue weighted by molar-refractivity contribution is 0.0390. The molecule has 17 heavy (non-hydrogen) atoms. The van der Waals surface area contributed by atoms with Gasteiger partial charge in [0.2, 0.25) is 0 Å². The van der Waals surface area contributed by atoms with Crippen molar-refractivity contribution in [2.24, 2.45) is 0 Å². The first kappa shape index (κ1) is 10.9. The number of benzene rings is 2. The molecule has 0 saturated carbocycles. The maximum atomic E-state index is 11.8. The van der Waals surface area contributed by atoms with E-state index in [2.05, 4.69) is 31.9 Å². The molecule has 1 aliphatic heterocycles. The van der Waals surface area contributed by atoms with Gasteiger partial charge in [0.15, 0.2) is 0 Å². The van der Waals surface area contributed by atoms with E-state index in [-0.39, 0.29) is 0 Å². The van der Waals surface area contributed by atoms with Crippen LogP contribution in [0.4, 0.5) is 0 Å². The van der Waals surface area contributed by atoms with Crippen LogP contribution in [0.5, 0.6) is 0 Å². The Morgan fingerprint density at radius 1 is 1.06 bits per heavy atom. The number of rotatable bonds is 0. The third-order valence-electron chi connectivity index (χ3n) is 2.67. The van der Waals surface area contributed by atoms with Gasteiger partial charge >= 0.3 is 11.9 Å². The molecule has 0 aliphatic carbocycles. The summed E-state index contributed by atoms with van der Waals surface area (Å²) in [6, 6.07) is 7.13. The van der Waals surface area contributed by atoms with E-state index in [0.29, 0.717) is 21.0 Å². The second kappa shape index (κ2) is 3.65. The van der Waals surface area contributed by atoms with Crippen molar-refractivity contribution in [3.8, 4) is 0 Å². The molecule has 5 heteroatoms. The van der Waals surface area contributed by atoms with Crippen LogP contribution in [0.2, 0.25) is 0 Å². The zero-order valence-electron chi connectivity index (χ0n) is 8.29. The summed E-state index contributed by atoms with van der Waals surface area (Å²) in [5, 5.41) is 1.47. The summed E-state index contributed by atoms with van der Waals surface area (Å²) in [5.74, 6) is -1.21. The maximum Gasteiger partial charge on any atom is 0.347 e. The van der Waals surface area contributed by atoms with Crippen molar-refractivity contribution in [2.75, 3.05) is 0 Å². The molecule has 84 valence electrons. The van der Waals surface area contributed by atoms with Crippen LogP contribution in [0.25, 0.3) is 10.8 Å². The number of carbonyl (C=O) groups is 2. The van der Waals surface area contributed by atoms with Gasteiger partial charge in [-0.05, 0) is 49.4 Å². The van der Waals surface area contributed by atoms with Crippen LogP contribution in [0.3, 0.4) is 0 Å². The number of hydrogen-bond donors (Lipinski definition) is 0. The maximum absolute atomic E-state index is 11.8. The zero-order valence-corrected chi connectivity index (χ0v) is 11.5. The highest BCUT2D eigenvalue weighted by atomic mass is 79.9. The standard InChI is InChI=1S/C12H4Br2O3/c13-7-4-5-2-1-3-6-8(5)9(10(7)14)12(16)17-11(6)15/h1-4H. The molecule has 0 atom stereocenters. The molecule has 0 spiro atoms. The SMILES string of the molecule is O=C1OC(=O)c2c(Br)c(Br)cc3cccc1c23. The molecule has 0 saturated heterocycles. The molecule has 0 N–H and O–H groups in total. The normalized spacial score (nSPS) is 14.0. The Morgan fingerprint density at radius 2 is 1.82 bits per heavy atom. The molecule has 2 aromatic rings. The molecular formula is C12H4Br2O3. The van der Waals surface area contributed by atoms with Gasteiger partial charge < -0.3 is 4.74 Å². The Hall–Kier alpha value is -1.20. The van der Waals surface area contributed by atoms with Gasteiger partial charge in [-0.2, -0.15) is 0 Å². The molecule has 1 aliphatic rings. The summed E-state index contributed by atoms with van der Waals surface area (Å²) in [6.07, 6.45) is 0. The minimum atomic E-state index is -0.619. The van der Waals surface area contributed by atoms with Crippen LogP contribution in [0.15, 0.2) is 33.2 Å². The van der Waals surface area contributed by atoms with E-state index in [9.17, 15) is 9.59 Å². The molecule has 0 fully saturated rings. The Kier molecular flexibility index (Phi) is 2.34. The lowest BCUT2D eigenvalue weighted by atomic mass is 9.97. The highest BCUT2D eigenvalue weighted by molar-refractivity contribution is 9.13. The predicted molar refractivity (Wildman–Crippen MR) is 69.1 cm³/mol. The fourth-order valence-electron chi connectivity index (χ4n) is 1.95. The Labute approximate surface area is 113 Å². The van der Waals surface area contributed by atoms with Crippen molar-refractivity contribution < 1.29 is 14.3 Å². The first-order chi connectivity index (χ1) is 8.09. The molecule has 3 rings (SSSR count). The second-order valence-corrected chi connectivity index (χ2v) is 5.28. The molecule has 0 unspecified atom stereocenters. The van der Waals surface area contributed by atoms with E-state index in [4.69, 9.17) is 4.74 Å². The van der Waals surface area contributed by atoms with E-state index in [1.54, 1.807) is 12.1 Å². The summed E-state index contributed by atoms with van der Waals surface area (Å²) in [7, 11) is 0. The average molecular weight is 356 g/mol. The van der Waals surface area contributed by atoms with E-state index in [1.807, 2.05) is 12.1 Å². The average Bonchev–Trinajstić information content (AvgIpc) is 2.28. The van der Waals surface area contributed by atoms with E-state index in [1.165, 1.54) is 0 Å². The minimum absolute atomic E-state index is 0.393. The van der Waals surface area contributed by atoms with Gasteiger partial charge in [0, 0.05) is 14.3 Å². The van der Waals surface area contributed by atoms with Crippen LogP contribution in [0, 0.1) is 0 Å². The molecule has 3 nitrogen and oxygen atoms in total. The number of carbonyl (C=O) groups excluding carboxylic acids is 2. The van der Waals surface area contributed by atoms with Crippen LogP contribution in [-0.2, 0) is 4.74 Å². The van der Waals surface area contributed by atoms with Gasteiger partial charge in [0.1, 0.15) is 0 Å². The van der Waals surface area contributed by atoms with Crippen molar-refractivity contribution in [2.45, 2.75) is 0 Å². The highest BCUT2D eigenvalue weighted by Crippen LogP contribution is 2.38. The lowest BCUT2D eigenvalue weighted by Gasteiger charge is -2.17. The second-order valence-electron chi connectivity index (χ2n) is 3.63. The van der Waals surface area contributed by atoms with Crippen molar-refractivity contribution >= 4 is 54.6 Å². The summed E-state index contributed by atoms with van der Waals surface area (Å²) < 4.78 is 6.07.